The van der Waals surface area contributed by atoms with Crippen molar-refractivity contribution >= 4 is 11.7 Å². The normalized spacial score (nSPS) is 21.0. The number of rotatable bonds is 7. The lowest BCUT2D eigenvalue weighted by molar-refractivity contribution is -0.389. The maximum Gasteiger partial charge on any atom is 0.381 e. The molecular formula is C15H24N4O3. The van der Waals surface area contributed by atoms with Gasteiger partial charge >= 0.3 is 5.82 Å². The lowest BCUT2D eigenvalue weighted by Gasteiger charge is -2.21. The van der Waals surface area contributed by atoms with Crippen LogP contribution in [0.25, 0.3) is 0 Å². The molecule has 0 saturated heterocycles. The van der Waals surface area contributed by atoms with E-state index >= 15 is 0 Å². The predicted octanol–water partition coefficient (Wildman–Crippen LogP) is 2.57. The largest absolute Gasteiger partial charge is 0.381 e. The van der Waals surface area contributed by atoms with Crippen LogP contribution < -0.4 is 5.32 Å². The quantitative estimate of drug-likeness (QED) is 0.619. The summed E-state index contributed by atoms with van der Waals surface area (Å²) in [7, 11) is 0. The van der Waals surface area contributed by atoms with Gasteiger partial charge in [0.25, 0.3) is 0 Å². The number of nitro groups is 1. The molecule has 0 aromatic carbocycles. The summed E-state index contributed by atoms with van der Waals surface area (Å²) in [6.45, 7) is 3.93. The van der Waals surface area contributed by atoms with Gasteiger partial charge in [0.1, 0.15) is 12.7 Å². The highest BCUT2D eigenvalue weighted by atomic mass is 16.6. The summed E-state index contributed by atoms with van der Waals surface area (Å²) in [5.41, 5.74) is 0. The number of nitrogens with one attached hydrogen (secondary N) is 1. The van der Waals surface area contributed by atoms with Gasteiger partial charge in [-0.25, -0.2) is 0 Å². The average Bonchev–Trinajstić information content (AvgIpc) is 3.04. The fourth-order valence-corrected chi connectivity index (χ4v) is 3.19. The Morgan fingerprint density at radius 2 is 2.32 bits per heavy atom. The van der Waals surface area contributed by atoms with E-state index in [1.165, 1.54) is 30.0 Å². The van der Waals surface area contributed by atoms with Crippen molar-refractivity contribution in [2.45, 2.75) is 65.0 Å². The van der Waals surface area contributed by atoms with Crippen LogP contribution in [0.4, 0.5) is 5.82 Å². The number of hydrogen-bond acceptors (Lipinski definition) is 4. The zero-order valence-electron chi connectivity index (χ0n) is 13.2. The minimum atomic E-state index is -0.543. The first kappa shape index (κ1) is 16.5. The first-order valence-corrected chi connectivity index (χ1v) is 7.98. The van der Waals surface area contributed by atoms with Crippen molar-refractivity contribution in [1.29, 1.82) is 0 Å². The molecule has 1 N–H and O–H groups in total. The molecule has 7 nitrogen and oxygen atoms in total. The summed E-state index contributed by atoms with van der Waals surface area (Å²) >= 11 is 0. The Balaban J connectivity index is 1.91. The van der Waals surface area contributed by atoms with Gasteiger partial charge in [0.15, 0.2) is 0 Å². The van der Waals surface area contributed by atoms with Crippen molar-refractivity contribution in [1.82, 2.24) is 14.9 Å². The highest BCUT2D eigenvalue weighted by Crippen LogP contribution is 2.29. The van der Waals surface area contributed by atoms with Crippen LogP contribution in [0.5, 0.6) is 0 Å². The first-order valence-electron chi connectivity index (χ1n) is 7.98. The third kappa shape index (κ3) is 4.05. The summed E-state index contributed by atoms with van der Waals surface area (Å²) in [6.07, 6.45) is 8.23. The molecule has 0 spiro atoms. The number of carbonyl (C=O) groups is 1. The number of hydrogen-bond donors (Lipinski definition) is 1. The minimum absolute atomic E-state index is 0.0870. The summed E-state index contributed by atoms with van der Waals surface area (Å²) < 4.78 is 1.53. The van der Waals surface area contributed by atoms with Gasteiger partial charge in [-0.15, -0.1) is 0 Å². The number of aryl methyl sites for hydroxylation is 1. The molecule has 1 aromatic rings. The second-order valence-electron chi connectivity index (χ2n) is 6.04. The summed E-state index contributed by atoms with van der Waals surface area (Å²) in [4.78, 5) is 26.2. The Labute approximate surface area is 130 Å². The molecule has 1 amide bonds. The van der Waals surface area contributed by atoms with Crippen LogP contribution in [0.2, 0.25) is 0 Å². The van der Waals surface area contributed by atoms with Crippen LogP contribution in [-0.2, 0) is 11.3 Å². The van der Waals surface area contributed by atoms with E-state index in [9.17, 15) is 14.9 Å². The predicted molar refractivity (Wildman–Crippen MR) is 82.4 cm³/mol. The molecule has 1 heterocycles. The van der Waals surface area contributed by atoms with Gasteiger partial charge in [-0.2, -0.15) is 0 Å². The van der Waals surface area contributed by atoms with E-state index in [0.717, 1.165) is 19.3 Å². The molecule has 22 heavy (non-hydrogen) atoms. The zero-order valence-corrected chi connectivity index (χ0v) is 13.2. The van der Waals surface area contributed by atoms with Crippen LogP contribution in [-0.4, -0.2) is 26.4 Å². The number of carbonyl (C=O) groups excluding carboxylic acids is 1. The molecule has 1 aliphatic rings. The van der Waals surface area contributed by atoms with Crippen LogP contribution in [0.3, 0.4) is 0 Å². The molecule has 1 fully saturated rings. The van der Waals surface area contributed by atoms with Gasteiger partial charge in [0.05, 0.1) is 0 Å². The standard InChI is InChI=1S/C15H24N4O3/c1-3-4-6-12-7-5-8-13(12)17-15(20)10-18-9-14(19(21)22)16-11(18)2/h9,12-13H,3-8,10H2,1-2H3,(H,17,20). The molecule has 2 rings (SSSR count). The van der Waals surface area contributed by atoms with Gasteiger partial charge < -0.3 is 15.4 Å². The molecule has 2 atom stereocenters. The first-order chi connectivity index (χ1) is 10.5. The molecule has 7 heteroatoms. The van der Waals surface area contributed by atoms with Gasteiger partial charge in [-0.3, -0.25) is 9.36 Å². The second kappa shape index (κ2) is 7.38. The van der Waals surface area contributed by atoms with Crippen LogP contribution in [0, 0.1) is 23.0 Å². The van der Waals surface area contributed by atoms with E-state index < -0.39 is 4.92 Å². The van der Waals surface area contributed by atoms with Crippen molar-refractivity contribution in [3.63, 3.8) is 0 Å². The number of amides is 1. The number of unbranched alkanes of at least 4 members (excludes halogenated alkanes) is 1. The van der Waals surface area contributed by atoms with E-state index in [1.54, 1.807) is 6.92 Å². The minimum Gasteiger partial charge on any atom is -0.358 e. The van der Waals surface area contributed by atoms with Gasteiger partial charge in [0.2, 0.25) is 11.7 Å². The lowest BCUT2D eigenvalue weighted by Crippen LogP contribution is -2.39. The Morgan fingerprint density at radius 1 is 1.55 bits per heavy atom. The maximum absolute atomic E-state index is 12.2. The van der Waals surface area contributed by atoms with E-state index in [0.29, 0.717) is 11.7 Å². The molecule has 0 aliphatic heterocycles. The summed E-state index contributed by atoms with van der Waals surface area (Å²) in [5, 5.41) is 13.8. The molecule has 1 aromatic heterocycles. The molecular weight excluding hydrogens is 284 g/mol. The molecule has 2 unspecified atom stereocenters. The lowest BCUT2D eigenvalue weighted by atomic mass is 9.97. The fourth-order valence-electron chi connectivity index (χ4n) is 3.19. The van der Waals surface area contributed by atoms with E-state index in [1.807, 2.05) is 0 Å². The Hall–Kier alpha value is -1.92. The fraction of sp³-hybridized carbons (Fsp3) is 0.733. The Morgan fingerprint density at radius 3 is 2.95 bits per heavy atom. The van der Waals surface area contributed by atoms with Crippen molar-refractivity contribution in [2.24, 2.45) is 5.92 Å². The summed E-state index contributed by atoms with van der Waals surface area (Å²) in [5.74, 6) is 0.744. The van der Waals surface area contributed by atoms with E-state index in [4.69, 9.17) is 0 Å². The smallest absolute Gasteiger partial charge is 0.358 e. The molecule has 1 saturated carbocycles. The third-order valence-electron chi connectivity index (χ3n) is 4.40. The topological polar surface area (TPSA) is 90.1 Å². The molecule has 122 valence electrons. The molecule has 0 radical (unpaired) electrons. The number of imidazole rings is 1. The monoisotopic (exact) mass is 308 g/mol. The zero-order chi connectivity index (χ0) is 16.1. The highest BCUT2D eigenvalue weighted by molar-refractivity contribution is 5.76. The van der Waals surface area contributed by atoms with Crippen LogP contribution >= 0.6 is 0 Å². The van der Waals surface area contributed by atoms with Crippen molar-refractivity contribution in [3.05, 3.63) is 22.1 Å². The second-order valence-corrected chi connectivity index (χ2v) is 6.04. The molecule has 1 aliphatic carbocycles. The van der Waals surface area contributed by atoms with Crippen molar-refractivity contribution in [3.8, 4) is 0 Å². The maximum atomic E-state index is 12.2. The van der Waals surface area contributed by atoms with E-state index in [-0.39, 0.29) is 24.3 Å². The average molecular weight is 308 g/mol. The van der Waals surface area contributed by atoms with Crippen molar-refractivity contribution < 1.29 is 9.72 Å². The van der Waals surface area contributed by atoms with Gasteiger partial charge in [-0.05, 0) is 35.1 Å². The van der Waals surface area contributed by atoms with Gasteiger partial charge in [0, 0.05) is 13.0 Å². The Kier molecular flexibility index (Phi) is 5.51. The SMILES string of the molecule is CCCCC1CCCC1NC(=O)Cn1cc([N+](=O)[O-])nc1C. The number of aromatic nitrogens is 2. The van der Waals surface area contributed by atoms with Crippen molar-refractivity contribution in [2.75, 3.05) is 0 Å². The molecule has 0 bridgehead atoms. The highest BCUT2D eigenvalue weighted by Gasteiger charge is 2.28. The van der Waals surface area contributed by atoms with E-state index in [2.05, 4.69) is 17.2 Å². The number of nitrogens with zero attached hydrogens (tertiary/aromatic N) is 3. The summed E-state index contributed by atoms with van der Waals surface area (Å²) in [6, 6.07) is 0.248. The third-order valence-corrected chi connectivity index (χ3v) is 4.40. The Bertz CT molecular complexity index is 541. The van der Waals surface area contributed by atoms with Crippen LogP contribution in [0.15, 0.2) is 6.20 Å². The van der Waals surface area contributed by atoms with Crippen LogP contribution in [0.1, 0.15) is 51.3 Å². The van der Waals surface area contributed by atoms with Gasteiger partial charge in [-0.1, -0.05) is 26.2 Å².